The van der Waals surface area contributed by atoms with E-state index in [-0.39, 0.29) is 5.56 Å². The predicted molar refractivity (Wildman–Crippen MR) is 75.1 cm³/mol. The quantitative estimate of drug-likeness (QED) is 0.788. The zero-order valence-corrected chi connectivity index (χ0v) is 11.5. The molecule has 0 saturated carbocycles. The van der Waals surface area contributed by atoms with E-state index < -0.39 is 5.97 Å². The number of rotatable bonds is 7. The summed E-state index contributed by atoms with van der Waals surface area (Å²) in [6, 6.07) is 6.68. The van der Waals surface area contributed by atoms with Gasteiger partial charge in [-0.2, -0.15) is 0 Å². The van der Waals surface area contributed by atoms with Gasteiger partial charge in [0.15, 0.2) is 0 Å². The number of aromatic nitrogens is 2. The molecule has 1 aromatic carbocycles. The minimum absolute atomic E-state index is 0.198. The number of hydrogen-bond acceptors (Lipinski definition) is 3. The summed E-state index contributed by atoms with van der Waals surface area (Å²) in [5.41, 5.74) is 0.198. The van der Waals surface area contributed by atoms with Gasteiger partial charge in [0, 0.05) is 25.4 Å². The summed E-state index contributed by atoms with van der Waals surface area (Å²) >= 11 is 0. The highest BCUT2D eigenvalue weighted by atomic mass is 16.5. The van der Waals surface area contributed by atoms with Gasteiger partial charge in [-0.05, 0) is 18.6 Å². The van der Waals surface area contributed by atoms with Crippen LogP contribution in [0.5, 0.6) is 5.75 Å². The Bertz CT molecular complexity index is 578. The molecule has 0 aliphatic heterocycles. The Hall–Kier alpha value is -2.30. The van der Waals surface area contributed by atoms with Crippen LogP contribution in [-0.4, -0.2) is 27.2 Å². The lowest BCUT2D eigenvalue weighted by molar-refractivity contribution is 0.0692. The van der Waals surface area contributed by atoms with Gasteiger partial charge in [-0.1, -0.05) is 19.1 Å². The van der Waals surface area contributed by atoms with Crippen molar-refractivity contribution in [2.45, 2.75) is 26.3 Å². The van der Waals surface area contributed by atoms with Crippen LogP contribution in [0.15, 0.2) is 36.7 Å². The number of carboxylic acids is 1. The van der Waals surface area contributed by atoms with Gasteiger partial charge in [-0.3, -0.25) is 0 Å². The largest absolute Gasteiger partial charge is 0.493 e. The first-order chi connectivity index (χ1) is 9.72. The molecule has 1 heterocycles. The van der Waals surface area contributed by atoms with Crippen LogP contribution in [0.3, 0.4) is 0 Å². The molecule has 1 aromatic heterocycles. The van der Waals surface area contributed by atoms with Crippen molar-refractivity contribution in [1.82, 2.24) is 9.55 Å². The Balaban J connectivity index is 1.86. The van der Waals surface area contributed by atoms with Crippen LogP contribution in [0, 0.1) is 0 Å². The summed E-state index contributed by atoms with van der Waals surface area (Å²) < 4.78 is 7.65. The Morgan fingerprint density at radius 3 is 2.95 bits per heavy atom. The second-order valence-corrected chi connectivity index (χ2v) is 4.39. The SMILES string of the molecule is CCc1nccn1CCCOc1ccccc1C(=O)O. The smallest absolute Gasteiger partial charge is 0.339 e. The predicted octanol–water partition coefficient (Wildman–Crippen LogP) is 2.61. The first-order valence-electron chi connectivity index (χ1n) is 6.67. The Labute approximate surface area is 117 Å². The van der Waals surface area contributed by atoms with Gasteiger partial charge in [0.2, 0.25) is 0 Å². The van der Waals surface area contributed by atoms with E-state index in [4.69, 9.17) is 9.84 Å². The molecule has 0 spiro atoms. The fraction of sp³-hybridized carbons (Fsp3) is 0.333. The maximum absolute atomic E-state index is 11.0. The third-order valence-electron chi connectivity index (χ3n) is 3.04. The number of nitrogens with zero attached hydrogens (tertiary/aromatic N) is 2. The van der Waals surface area contributed by atoms with Gasteiger partial charge in [-0.15, -0.1) is 0 Å². The third-order valence-corrected chi connectivity index (χ3v) is 3.04. The van der Waals surface area contributed by atoms with E-state index in [9.17, 15) is 4.79 Å². The van der Waals surface area contributed by atoms with Crippen LogP contribution in [0.1, 0.15) is 29.5 Å². The summed E-state index contributed by atoms with van der Waals surface area (Å²) in [6.45, 7) is 3.36. The van der Waals surface area contributed by atoms with Crippen molar-refractivity contribution in [3.63, 3.8) is 0 Å². The van der Waals surface area contributed by atoms with E-state index in [2.05, 4.69) is 16.5 Å². The van der Waals surface area contributed by atoms with E-state index in [0.29, 0.717) is 12.4 Å². The molecule has 1 N–H and O–H groups in total. The fourth-order valence-electron chi connectivity index (χ4n) is 2.04. The molecule has 0 radical (unpaired) electrons. The van der Waals surface area contributed by atoms with Crippen molar-refractivity contribution < 1.29 is 14.6 Å². The summed E-state index contributed by atoms with van der Waals surface area (Å²) in [4.78, 5) is 15.3. The molecular formula is C15H18N2O3. The Kier molecular flexibility index (Phi) is 4.76. The Morgan fingerprint density at radius 2 is 2.20 bits per heavy atom. The average Bonchev–Trinajstić information content (AvgIpc) is 2.91. The maximum Gasteiger partial charge on any atom is 0.339 e. The molecular weight excluding hydrogens is 256 g/mol. The molecule has 0 amide bonds. The number of carboxylic acid groups (broad SMARTS) is 1. The first-order valence-corrected chi connectivity index (χ1v) is 6.67. The minimum atomic E-state index is -0.969. The van der Waals surface area contributed by atoms with E-state index in [0.717, 1.165) is 25.2 Å². The highest BCUT2D eigenvalue weighted by Gasteiger charge is 2.09. The van der Waals surface area contributed by atoms with Crippen LogP contribution in [0.25, 0.3) is 0 Å². The highest BCUT2D eigenvalue weighted by Crippen LogP contribution is 2.17. The second kappa shape index (κ2) is 6.75. The lowest BCUT2D eigenvalue weighted by Gasteiger charge is -2.10. The lowest BCUT2D eigenvalue weighted by Crippen LogP contribution is -2.08. The lowest BCUT2D eigenvalue weighted by atomic mass is 10.2. The standard InChI is InChI=1S/C15H18N2O3/c1-2-14-16-8-10-17(14)9-5-11-20-13-7-4-3-6-12(13)15(18)19/h3-4,6-8,10H,2,5,9,11H2,1H3,(H,18,19). The van der Waals surface area contributed by atoms with Gasteiger partial charge >= 0.3 is 5.97 Å². The number of aromatic carboxylic acids is 1. The monoisotopic (exact) mass is 274 g/mol. The van der Waals surface area contributed by atoms with E-state index in [1.54, 1.807) is 30.5 Å². The van der Waals surface area contributed by atoms with Gasteiger partial charge in [-0.25, -0.2) is 9.78 Å². The van der Waals surface area contributed by atoms with Gasteiger partial charge < -0.3 is 14.4 Å². The van der Waals surface area contributed by atoms with Crippen LogP contribution in [0.2, 0.25) is 0 Å². The van der Waals surface area contributed by atoms with Crippen LogP contribution < -0.4 is 4.74 Å². The van der Waals surface area contributed by atoms with Gasteiger partial charge in [0.1, 0.15) is 17.1 Å². The second-order valence-electron chi connectivity index (χ2n) is 4.39. The molecule has 0 fully saturated rings. The number of ether oxygens (including phenoxy) is 1. The molecule has 0 unspecified atom stereocenters. The molecule has 2 aromatic rings. The number of para-hydroxylation sites is 1. The number of hydrogen-bond donors (Lipinski definition) is 1. The van der Waals surface area contributed by atoms with Crippen molar-refractivity contribution in [3.05, 3.63) is 48.0 Å². The molecule has 106 valence electrons. The topological polar surface area (TPSA) is 64.4 Å². The fourth-order valence-corrected chi connectivity index (χ4v) is 2.04. The van der Waals surface area contributed by atoms with Crippen molar-refractivity contribution in [2.24, 2.45) is 0 Å². The Morgan fingerprint density at radius 1 is 1.40 bits per heavy atom. The van der Waals surface area contributed by atoms with Crippen LogP contribution in [0.4, 0.5) is 0 Å². The number of carbonyl (C=O) groups is 1. The average molecular weight is 274 g/mol. The molecule has 0 aliphatic rings. The molecule has 0 bridgehead atoms. The van der Waals surface area contributed by atoms with Gasteiger partial charge in [0.05, 0.1) is 6.61 Å². The molecule has 0 saturated heterocycles. The van der Waals surface area contributed by atoms with Crippen molar-refractivity contribution in [2.75, 3.05) is 6.61 Å². The summed E-state index contributed by atoms with van der Waals surface area (Å²) in [5.74, 6) is 0.501. The molecule has 0 atom stereocenters. The normalized spacial score (nSPS) is 10.4. The van der Waals surface area contributed by atoms with E-state index in [1.807, 2.05) is 6.20 Å². The molecule has 0 aliphatic carbocycles. The summed E-state index contributed by atoms with van der Waals surface area (Å²) in [5, 5.41) is 9.05. The van der Waals surface area contributed by atoms with Crippen molar-refractivity contribution in [3.8, 4) is 5.75 Å². The molecule has 5 heteroatoms. The zero-order valence-electron chi connectivity index (χ0n) is 11.5. The number of imidazole rings is 1. The third kappa shape index (κ3) is 3.38. The maximum atomic E-state index is 11.0. The zero-order chi connectivity index (χ0) is 14.4. The molecule has 2 rings (SSSR count). The van der Waals surface area contributed by atoms with Crippen molar-refractivity contribution in [1.29, 1.82) is 0 Å². The summed E-state index contributed by atoms with van der Waals surface area (Å²) in [7, 11) is 0. The van der Waals surface area contributed by atoms with E-state index in [1.165, 1.54) is 0 Å². The van der Waals surface area contributed by atoms with Crippen molar-refractivity contribution >= 4 is 5.97 Å². The molecule has 5 nitrogen and oxygen atoms in total. The van der Waals surface area contributed by atoms with E-state index >= 15 is 0 Å². The number of benzene rings is 1. The first kappa shape index (κ1) is 14.1. The van der Waals surface area contributed by atoms with Gasteiger partial charge in [0.25, 0.3) is 0 Å². The van der Waals surface area contributed by atoms with Crippen LogP contribution in [-0.2, 0) is 13.0 Å². The summed E-state index contributed by atoms with van der Waals surface area (Å²) in [6.07, 6.45) is 5.44. The highest BCUT2D eigenvalue weighted by molar-refractivity contribution is 5.90. The molecule has 20 heavy (non-hydrogen) atoms. The van der Waals surface area contributed by atoms with Crippen LogP contribution >= 0.6 is 0 Å². The minimum Gasteiger partial charge on any atom is -0.493 e. The number of aryl methyl sites for hydroxylation is 2.